The van der Waals surface area contributed by atoms with Crippen molar-refractivity contribution in [3.05, 3.63) is 0 Å². The Morgan fingerprint density at radius 2 is 1.39 bits per heavy atom. The predicted octanol–water partition coefficient (Wildman–Crippen LogP) is 6.14. The summed E-state index contributed by atoms with van der Waals surface area (Å²) in [7, 11) is -1.96. The van der Waals surface area contributed by atoms with E-state index >= 15 is 0 Å². The Morgan fingerprint density at radius 1 is 0.857 bits per heavy atom. The number of fused-ring (bicyclic) bond motifs is 2. The molecule has 6 atom stereocenters. The van der Waals surface area contributed by atoms with Gasteiger partial charge in [-0.3, -0.25) is 0 Å². The Morgan fingerprint density at radius 3 is 1.93 bits per heavy atom. The van der Waals surface area contributed by atoms with Crippen LogP contribution < -0.4 is 0 Å². The molecule has 1 unspecified atom stereocenters. The van der Waals surface area contributed by atoms with Gasteiger partial charge in [0.15, 0.2) is 8.32 Å². The van der Waals surface area contributed by atoms with Gasteiger partial charge in [-0.2, -0.15) is 0 Å². The van der Waals surface area contributed by atoms with Crippen molar-refractivity contribution in [2.45, 2.75) is 129 Å². The maximum atomic E-state index is 11.4. The smallest absolute Gasteiger partial charge is 0.192 e. The molecule has 2 rings (SSSR count). The Balaban J connectivity index is 2.31. The second-order valence-corrected chi connectivity index (χ2v) is 16.3. The van der Waals surface area contributed by atoms with Crippen molar-refractivity contribution in [3.63, 3.8) is 0 Å². The van der Waals surface area contributed by atoms with Crippen LogP contribution in [-0.2, 0) is 4.43 Å². The first-order chi connectivity index (χ1) is 13.0. The molecule has 4 heteroatoms. The molecule has 3 nitrogen and oxygen atoms in total. The van der Waals surface area contributed by atoms with Crippen molar-refractivity contribution in [1.29, 1.82) is 0 Å². The lowest BCUT2D eigenvalue weighted by atomic mass is 9.76. The molecule has 166 valence electrons. The van der Waals surface area contributed by atoms with E-state index < -0.39 is 14.4 Å². The average Bonchev–Trinajstić information content (AvgIpc) is 2.81. The van der Waals surface area contributed by atoms with Crippen molar-refractivity contribution < 1.29 is 14.6 Å². The lowest BCUT2D eigenvalue weighted by Crippen LogP contribution is -2.48. The van der Waals surface area contributed by atoms with Crippen molar-refractivity contribution >= 4 is 8.32 Å². The first-order valence-electron chi connectivity index (χ1n) is 12.0. The molecule has 0 aromatic heterocycles. The molecule has 0 aromatic carbocycles. The average molecular weight is 413 g/mol. The van der Waals surface area contributed by atoms with Gasteiger partial charge in [0.2, 0.25) is 0 Å². The van der Waals surface area contributed by atoms with E-state index in [0.717, 1.165) is 25.7 Å². The normalized spacial score (nSPS) is 36.6. The molecule has 0 aromatic rings. The summed E-state index contributed by atoms with van der Waals surface area (Å²) in [6.07, 6.45) is 9.46. The van der Waals surface area contributed by atoms with Gasteiger partial charge >= 0.3 is 0 Å². The van der Waals surface area contributed by atoms with E-state index in [0.29, 0.717) is 17.8 Å². The summed E-state index contributed by atoms with van der Waals surface area (Å²) < 4.78 is 6.89. The van der Waals surface area contributed by atoms with Crippen molar-refractivity contribution in [1.82, 2.24) is 0 Å². The van der Waals surface area contributed by atoms with Crippen molar-refractivity contribution in [3.8, 4) is 0 Å². The molecule has 0 radical (unpaired) electrons. The summed E-state index contributed by atoms with van der Waals surface area (Å²) in [5.41, 5.74) is 0. The summed E-state index contributed by atoms with van der Waals surface area (Å²) in [5.74, 6) is 1.53. The van der Waals surface area contributed by atoms with Crippen LogP contribution in [0, 0.1) is 23.7 Å². The standard InChI is InChI=1S/C24H48O3Si/c1-17(2)21-19-15-13-11-9-8-10-12-14-18(25)16-20(21)22(26)23(19)27-28(6,7)24(3,4)5/h17-23,25-26H,8-16H2,1-7H3/t18?,19-,20+,21-,22-,23-/m1/s1. The Hall–Kier alpha value is 0.0969. The quantitative estimate of drug-likeness (QED) is 0.547. The Bertz CT molecular complexity index is 471. The SMILES string of the molecule is CC(C)[C@H]1[C@@H]2CC(O)CCCCCCCC[C@H]1[C@@H](O[Si](C)(C)C(C)(C)C)[C@@H]2O. The summed E-state index contributed by atoms with van der Waals surface area (Å²) in [6, 6.07) is 0. The lowest BCUT2D eigenvalue weighted by molar-refractivity contribution is -0.00168. The van der Waals surface area contributed by atoms with Crippen LogP contribution in [0.2, 0.25) is 18.1 Å². The minimum atomic E-state index is -1.96. The molecule has 0 spiro atoms. The fraction of sp³-hybridized carbons (Fsp3) is 1.00. The number of aliphatic hydroxyl groups excluding tert-OH is 2. The summed E-state index contributed by atoms with van der Waals surface area (Å²) >= 11 is 0. The largest absolute Gasteiger partial charge is 0.411 e. The van der Waals surface area contributed by atoms with Crippen LogP contribution in [0.3, 0.4) is 0 Å². The second kappa shape index (κ2) is 9.94. The highest BCUT2D eigenvalue weighted by atomic mass is 28.4. The minimum Gasteiger partial charge on any atom is -0.411 e. The van der Waals surface area contributed by atoms with E-state index in [1.54, 1.807) is 0 Å². The number of hydrogen-bond acceptors (Lipinski definition) is 3. The van der Waals surface area contributed by atoms with Gasteiger partial charge in [0.25, 0.3) is 0 Å². The van der Waals surface area contributed by atoms with Crippen LogP contribution in [0.5, 0.6) is 0 Å². The summed E-state index contributed by atoms with van der Waals surface area (Å²) in [5, 5.41) is 22.3. The van der Waals surface area contributed by atoms with Crippen LogP contribution >= 0.6 is 0 Å². The number of hydrogen-bond donors (Lipinski definition) is 2. The van der Waals surface area contributed by atoms with Crippen LogP contribution in [0.4, 0.5) is 0 Å². The highest BCUT2D eigenvalue weighted by Gasteiger charge is 2.53. The molecule has 0 aliphatic heterocycles. The van der Waals surface area contributed by atoms with Gasteiger partial charge in [0, 0.05) is 0 Å². The molecule has 2 saturated carbocycles. The molecule has 0 heterocycles. The highest BCUT2D eigenvalue weighted by molar-refractivity contribution is 6.74. The molecular weight excluding hydrogens is 364 g/mol. The molecular formula is C24H48O3Si. The van der Waals surface area contributed by atoms with Crippen molar-refractivity contribution in [2.24, 2.45) is 23.7 Å². The Kier molecular flexibility index (Phi) is 8.65. The zero-order valence-corrected chi connectivity index (χ0v) is 20.7. The van der Waals surface area contributed by atoms with Crippen LogP contribution in [0.1, 0.15) is 92.4 Å². The third kappa shape index (κ3) is 5.83. The third-order valence-corrected chi connectivity index (χ3v) is 12.5. The van der Waals surface area contributed by atoms with Gasteiger partial charge in [-0.05, 0) is 61.1 Å². The van der Waals surface area contributed by atoms with E-state index in [1.807, 2.05) is 0 Å². The van der Waals surface area contributed by atoms with E-state index in [-0.39, 0.29) is 23.2 Å². The van der Waals surface area contributed by atoms with E-state index in [9.17, 15) is 10.2 Å². The summed E-state index contributed by atoms with van der Waals surface area (Å²) in [6.45, 7) is 16.1. The lowest BCUT2D eigenvalue weighted by Gasteiger charge is -2.41. The zero-order valence-electron chi connectivity index (χ0n) is 19.7. The van der Waals surface area contributed by atoms with Gasteiger partial charge in [-0.25, -0.2) is 0 Å². The topological polar surface area (TPSA) is 49.7 Å². The minimum absolute atomic E-state index is 0.0616. The predicted molar refractivity (Wildman–Crippen MR) is 121 cm³/mol. The van der Waals surface area contributed by atoms with E-state index in [2.05, 4.69) is 47.7 Å². The molecule has 2 bridgehead atoms. The molecule has 28 heavy (non-hydrogen) atoms. The van der Waals surface area contributed by atoms with Crippen LogP contribution in [-0.4, -0.2) is 36.8 Å². The van der Waals surface area contributed by atoms with Crippen molar-refractivity contribution in [2.75, 3.05) is 0 Å². The molecule has 2 aliphatic rings. The van der Waals surface area contributed by atoms with Crippen LogP contribution in [0.25, 0.3) is 0 Å². The number of aliphatic hydroxyl groups is 2. The molecule has 0 saturated heterocycles. The molecule has 2 N–H and O–H groups in total. The molecule has 0 amide bonds. The molecule has 2 aliphatic carbocycles. The molecule has 2 fully saturated rings. The van der Waals surface area contributed by atoms with Crippen LogP contribution in [0.15, 0.2) is 0 Å². The zero-order chi connectivity index (χ0) is 21.1. The second-order valence-electron chi connectivity index (χ2n) is 11.6. The van der Waals surface area contributed by atoms with E-state index in [1.165, 1.54) is 32.1 Å². The number of rotatable bonds is 3. The maximum absolute atomic E-state index is 11.4. The highest BCUT2D eigenvalue weighted by Crippen LogP contribution is 2.50. The first kappa shape index (κ1) is 24.4. The Labute approximate surface area is 175 Å². The van der Waals surface area contributed by atoms with Gasteiger partial charge in [-0.1, -0.05) is 73.1 Å². The van der Waals surface area contributed by atoms with E-state index in [4.69, 9.17) is 4.43 Å². The fourth-order valence-corrected chi connectivity index (χ4v) is 6.82. The van der Waals surface area contributed by atoms with Gasteiger partial charge in [0.1, 0.15) is 0 Å². The summed E-state index contributed by atoms with van der Waals surface area (Å²) in [4.78, 5) is 0. The monoisotopic (exact) mass is 412 g/mol. The van der Waals surface area contributed by atoms with Gasteiger partial charge in [-0.15, -0.1) is 0 Å². The third-order valence-electron chi connectivity index (χ3n) is 8.06. The maximum Gasteiger partial charge on any atom is 0.192 e. The van der Waals surface area contributed by atoms with Gasteiger partial charge in [0.05, 0.1) is 18.3 Å². The van der Waals surface area contributed by atoms with Gasteiger partial charge < -0.3 is 14.6 Å². The first-order valence-corrected chi connectivity index (χ1v) is 14.9. The fourth-order valence-electron chi connectivity index (χ4n) is 5.48.